The Balaban J connectivity index is 2.67. The third-order valence-corrected chi connectivity index (χ3v) is 3.02. The number of rotatable bonds is 6. The molecule has 0 heterocycles. The summed E-state index contributed by atoms with van der Waals surface area (Å²) < 4.78 is 14.0. The van der Waals surface area contributed by atoms with Crippen LogP contribution in [-0.4, -0.2) is 38.0 Å². The van der Waals surface area contributed by atoms with E-state index >= 15 is 0 Å². The minimum Gasteiger partial charge on any atom is -0.370 e. The molecule has 0 aliphatic rings. The average Bonchev–Trinajstić information content (AvgIpc) is 2.44. The lowest BCUT2D eigenvalue weighted by Gasteiger charge is -2.24. The lowest BCUT2D eigenvalue weighted by atomic mass is 10.2. The highest BCUT2D eigenvalue weighted by molar-refractivity contribution is 5.94. The van der Waals surface area contributed by atoms with Crippen molar-refractivity contribution >= 4 is 23.2 Å². The first-order valence-corrected chi connectivity index (χ1v) is 6.64. The fourth-order valence-electron chi connectivity index (χ4n) is 1.61. The van der Waals surface area contributed by atoms with Gasteiger partial charge in [0.1, 0.15) is 5.82 Å². The lowest BCUT2D eigenvalue weighted by Crippen LogP contribution is -2.36. The predicted molar refractivity (Wildman–Crippen MR) is 80.6 cm³/mol. The summed E-state index contributed by atoms with van der Waals surface area (Å²) in [4.78, 5) is 24.3. The molecule has 1 rings (SSSR count). The molecule has 0 bridgehead atoms. The van der Waals surface area contributed by atoms with Crippen LogP contribution in [0.2, 0.25) is 0 Å². The number of benzene rings is 1. The molecule has 0 fully saturated rings. The first kappa shape index (κ1) is 16.9. The fourth-order valence-corrected chi connectivity index (χ4v) is 1.61. The number of nitrogens with zero attached hydrogens (tertiary/aromatic N) is 1. The zero-order valence-electron chi connectivity index (χ0n) is 12.4. The van der Waals surface area contributed by atoms with Gasteiger partial charge in [-0.05, 0) is 32.0 Å². The molecule has 4 N–H and O–H groups in total. The van der Waals surface area contributed by atoms with Gasteiger partial charge in [0.05, 0.1) is 18.8 Å². The molecule has 0 spiro atoms. The zero-order chi connectivity index (χ0) is 16.0. The van der Waals surface area contributed by atoms with E-state index in [4.69, 9.17) is 5.73 Å². The van der Waals surface area contributed by atoms with E-state index in [-0.39, 0.29) is 19.1 Å². The summed E-state index contributed by atoms with van der Waals surface area (Å²) >= 11 is 0. The first-order valence-electron chi connectivity index (χ1n) is 6.64. The lowest BCUT2D eigenvalue weighted by molar-refractivity contribution is -0.123. The predicted octanol–water partition coefficient (Wildman–Crippen LogP) is 0.684. The highest BCUT2D eigenvalue weighted by Crippen LogP contribution is 2.23. The molecule has 2 amide bonds. The second-order valence-electron chi connectivity index (χ2n) is 4.90. The van der Waals surface area contributed by atoms with E-state index in [2.05, 4.69) is 10.6 Å². The minimum atomic E-state index is -0.443. The van der Waals surface area contributed by atoms with Gasteiger partial charge in [-0.3, -0.25) is 9.59 Å². The molecule has 21 heavy (non-hydrogen) atoms. The number of nitrogens with one attached hydrogen (secondary N) is 2. The third-order valence-electron chi connectivity index (χ3n) is 3.02. The molecule has 0 aromatic heterocycles. The Labute approximate surface area is 123 Å². The summed E-state index contributed by atoms with van der Waals surface area (Å²) in [6.07, 6.45) is 0. The SMILES string of the molecule is CC(C)N(C)c1ccc(NC(=O)CNC(=O)CN)cc1F. The highest BCUT2D eigenvalue weighted by atomic mass is 19.1. The van der Waals surface area contributed by atoms with Crippen molar-refractivity contribution in [1.82, 2.24) is 5.32 Å². The Hall–Kier alpha value is -2.15. The Kier molecular flexibility index (Phi) is 6.10. The van der Waals surface area contributed by atoms with Crippen LogP contribution >= 0.6 is 0 Å². The molecular formula is C14H21FN4O2. The van der Waals surface area contributed by atoms with Crippen LogP contribution in [-0.2, 0) is 9.59 Å². The molecule has 0 saturated carbocycles. The summed E-state index contributed by atoms with van der Waals surface area (Å²) in [6.45, 7) is 3.52. The molecule has 0 saturated heterocycles. The Morgan fingerprint density at radius 1 is 1.33 bits per heavy atom. The zero-order valence-corrected chi connectivity index (χ0v) is 12.4. The van der Waals surface area contributed by atoms with Gasteiger partial charge in [0.15, 0.2) is 0 Å². The second kappa shape index (κ2) is 7.58. The molecule has 0 radical (unpaired) electrons. The quantitative estimate of drug-likeness (QED) is 0.720. The molecule has 7 heteroatoms. The van der Waals surface area contributed by atoms with E-state index < -0.39 is 17.6 Å². The van der Waals surface area contributed by atoms with Crippen molar-refractivity contribution in [3.05, 3.63) is 24.0 Å². The summed E-state index contributed by atoms with van der Waals surface area (Å²) in [5.74, 6) is -1.29. The van der Waals surface area contributed by atoms with E-state index in [1.54, 1.807) is 24.1 Å². The number of amides is 2. The summed E-state index contributed by atoms with van der Waals surface area (Å²) in [5, 5.41) is 4.84. The van der Waals surface area contributed by atoms with Crippen molar-refractivity contribution < 1.29 is 14.0 Å². The van der Waals surface area contributed by atoms with E-state index in [1.807, 2.05) is 13.8 Å². The van der Waals surface area contributed by atoms with Crippen molar-refractivity contribution in [1.29, 1.82) is 0 Å². The number of nitrogens with two attached hydrogens (primary N) is 1. The Bertz CT molecular complexity index is 520. The molecule has 0 unspecified atom stereocenters. The van der Waals surface area contributed by atoms with Crippen molar-refractivity contribution in [3.63, 3.8) is 0 Å². The van der Waals surface area contributed by atoms with Gasteiger partial charge < -0.3 is 21.3 Å². The summed E-state index contributed by atoms with van der Waals surface area (Å²) in [5.41, 5.74) is 5.89. The maximum atomic E-state index is 14.0. The molecule has 0 aliphatic heterocycles. The van der Waals surface area contributed by atoms with Crippen LogP contribution in [0.25, 0.3) is 0 Å². The summed E-state index contributed by atoms with van der Waals surface area (Å²) in [7, 11) is 1.80. The van der Waals surface area contributed by atoms with Crippen molar-refractivity contribution in [2.24, 2.45) is 5.73 Å². The van der Waals surface area contributed by atoms with E-state index in [1.165, 1.54) is 6.07 Å². The van der Waals surface area contributed by atoms with Crippen molar-refractivity contribution in [3.8, 4) is 0 Å². The van der Waals surface area contributed by atoms with E-state index in [9.17, 15) is 14.0 Å². The monoisotopic (exact) mass is 296 g/mol. The van der Waals surface area contributed by atoms with E-state index in [0.717, 1.165) is 0 Å². The number of anilines is 2. The number of hydrogen-bond acceptors (Lipinski definition) is 4. The van der Waals surface area contributed by atoms with Crippen molar-refractivity contribution in [2.45, 2.75) is 19.9 Å². The smallest absolute Gasteiger partial charge is 0.243 e. The number of halogens is 1. The van der Waals surface area contributed by atoms with Gasteiger partial charge in [-0.25, -0.2) is 4.39 Å². The number of carbonyl (C=O) groups excluding carboxylic acids is 2. The number of carbonyl (C=O) groups is 2. The summed E-state index contributed by atoms with van der Waals surface area (Å²) in [6, 6.07) is 4.62. The van der Waals surface area contributed by atoms with Gasteiger partial charge in [0, 0.05) is 18.8 Å². The molecule has 6 nitrogen and oxygen atoms in total. The molecule has 116 valence electrons. The maximum absolute atomic E-state index is 14.0. The molecule has 1 aromatic carbocycles. The van der Waals surface area contributed by atoms with Crippen molar-refractivity contribution in [2.75, 3.05) is 30.4 Å². The average molecular weight is 296 g/mol. The van der Waals surface area contributed by atoms with Gasteiger partial charge in [0.25, 0.3) is 0 Å². The molecule has 0 aliphatic carbocycles. The Morgan fingerprint density at radius 3 is 2.52 bits per heavy atom. The molecule has 1 aromatic rings. The van der Waals surface area contributed by atoms with Gasteiger partial charge in [0.2, 0.25) is 11.8 Å². The number of hydrogen-bond donors (Lipinski definition) is 3. The van der Waals surface area contributed by atoms with Crippen LogP contribution in [0.15, 0.2) is 18.2 Å². The largest absolute Gasteiger partial charge is 0.370 e. The standard InChI is InChI=1S/C14H21FN4O2/c1-9(2)19(3)12-5-4-10(6-11(12)15)18-14(21)8-17-13(20)7-16/h4-6,9H,7-8,16H2,1-3H3,(H,17,20)(H,18,21). The normalized spacial score (nSPS) is 10.4. The van der Waals surface area contributed by atoms with Crippen LogP contribution in [0.4, 0.5) is 15.8 Å². The second-order valence-corrected chi connectivity index (χ2v) is 4.90. The fraction of sp³-hybridized carbons (Fsp3) is 0.429. The Morgan fingerprint density at radius 2 is 2.00 bits per heavy atom. The molecular weight excluding hydrogens is 275 g/mol. The minimum absolute atomic E-state index is 0.159. The van der Waals surface area contributed by atoms with Crippen LogP contribution in [0.5, 0.6) is 0 Å². The van der Waals surface area contributed by atoms with E-state index in [0.29, 0.717) is 11.4 Å². The van der Waals surface area contributed by atoms with Gasteiger partial charge in [-0.2, -0.15) is 0 Å². The van der Waals surface area contributed by atoms with Crippen LogP contribution in [0, 0.1) is 5.82 Å². The first-order chi connectivity index (χ1) is 9.85. The topological polar surface area (TPSA) is 87.5 Å². The maximum Gasteiger partial charge on any atom is 0.243 e. The van der Waals surface area contributed by atoms with Gasteiger partial charge >= 0.3 is 0 Å². The van der Waals surface area contributed by atoms with Crippen LogP contribution in [0.3, 0.4) is 0 Å². The highest BCUT2D eigenvalue weighted by Gasteiger charge is 2.12. The third kappa shape index (κ3) is 5.03. The van der Waals surface area contributed by atoms with Gasteiger partial charge in [-0.1, -0.05) is 0 Å². The van der Waals surface area contributed by atoms with Gasteiger partial charge in [-0.15, -0.1) is 0 Å². The molecule has 0 atom stereocenters. The van der Waals surface area contributed by atoms with Crippen LogP contribution < -0.4 is 21.3 Å². The van der Waals surface area contributed by atoms with Crippen LogP contribution in [0.1, 0.15) is 13.8 Å².